The Bertz CT molecular complexity index is 1460. The van der Waals surface area contributed by atoms with Gasteiger partial charge in [-0.3, -0.25) is 14.4 Å². The smallest absolute Gasteiger partial charge is 0.302 e. The molecule has 288 valence electrons. The fraction of sp³-hybridized carbons (Fsp3) is 0.643. The van der Waals surface area contributed by atoms with E-state index < -0.39 is 0 Å². The number of amides is 1. The molecule has 2 aromatic carbocycles. The van der Waals surface area contributed by atoms with E-state index >= 15 is 0 Å². The Morgan fingerprint density at radius 1 is 0.788 bits per heavy atom. The number of unbranched alkanes of at least 4 members (excludes halogenated alkanes) is 6. The number of fused-ring (bicyclic) bond motifs is 2. The lowest BCUT2D eigenvalue weighted by Gasteiger charge is -2.27. The lowest BCUT2D eigenvalue weighted by atomic mass is 9.90. The fourth-order valence-corrected chi connectivity index (χ4v) is 9.14. The van der Waals surface area contributed by atoms with Crippen molar-refractivity contribution in [3.05, 3.63) is 59.7 Å². The number of nitrogen functional groups attached to an aromatic ring is 1. The van der Waals surface area contributed by atoms with Gasteiger partial charge in [-0.25, -0.2) is 0 Å². The van der Waals surface area contributed by atoms with Crippen LogP contribution < -0.4 is 11.1 Å². The summed E-state index contributed by atoms with van der Waals surface area (Å²) in [4.78, 5) is 37.2. The van der Waals surface area contributed by atoms with Gasteiger partial charge in [0.1, 0.15) is 6.61 Å². The minimum absolute atomic E-state index is 0.00466. The number of ether oxygens (including phenoxy) is 1. The molecule has 2 saturated heterocycles. The van der Waals surface area contributed by atoms with Crippen LogP contribution in [0.25, 0.3) is 0 Å². The minimum Gasteiger partial charge on any atom is -0.465 e. The third-order valence-corrected chi connectivity index (χ3v) is 11.8. The zero-order valence-corrected chi connectivity index (χ0v) is 32.9. The third-order valence-electron chi connectivity index (χ3n) is 11.8. The van der Waals surface area contributed by atoms with E-state index in [1.54, 1.807) is 0 Å². The number of hydrogen-bond acceptors (Lipinski definition) is 8. The van der Waals surface area contributed by atoms with Gasteiger partial charge in [0.15, 0.2) is 0 Å². The molecule has 1 amide bonds. The summed E-state index contributed by atoms with van der Waals surface area (Å²) in [5.74, 6) is 1.99. The highest BCUT2D eigenvalue weighted by Gasteiger charge is 2.69. The molecule has 52 heavy (non-hydrogen) atoms. The van der Waals surface area contributed by atoms with Crippen LogP contribution in [0.1, 0.15) is 97.1 Å². The van der Waals surface area contributed by atoms with Crippen LogP contribution >= 0.6 is 11.6 Å². The summed E-state index contributed by atoms with van der Waals surface area (Å²) >= 11 is 4.64. The molecular formula is C42H63ClN4O5. The van der Waals surface area contributed by atoms with E-state index in [-0.39, 0.29) is 34.6 Å². The average Bonchev–Trinajstić information content (AvgIpc) is 3.66. The number of halogens is 1. The Labute approximate surface area is 317 Å². The second-order valence-corrected chi connectivity index (χ2v) is 16.0. The summed E-state index contributed by atoms with van der Waals surface area (Å²) < 4.78 is 5.48. The lowest BCUT2D eigenvalue weighted by molar-refractivity contribution is -0.142. The predicted molar refractivity (Wildman–Crippen MR) is 210 cm³/mol. The number of carbonyl (C=O) groups is 3. The van der Waals surface area contributed by atoms with Gasteiger partial charge in [-0.15, -0.1) is 0 Å². The van der Waals surface area contributed by atoms with Crippen LogP contribution in [0.5, 0.6) is 0 Å². The molecule has 6 rings (SSSR count). The number of piperidine rings is 2. The molecule has 2 aliphatic carbocycles. The summed E-state index contributed by atoms with van der Waals surface area (Å²) in [6.07, 6.45) is 10.5. The van der Waals surface area contributed by atoms with Gasteiger partial charge >= 0.3 is 5.97 Å². The standard InChI is InChI=1S/C22H32N2O3.C18H28N2O.C2H3ClO/c1-4-5-6-7-11-24-13-20-21(14-24)22(20,15-27-17(3)26)18-9-8-10-19(12-18)23-16(2)25;1-2-3-4-5-9-20-11-16-17(12-20)18(16,13-21)14-7-6-8-15(19)10-14;1-2(3)4/h8-10,12,20-21H,4-7,11,13-15H2,1-3H3,(H,23,25);6-8,10,16-17,21H,2-5,9,11-13,19H2,1H3;1H3. The molecule has 9 nitrogen and oxygen atoms in total. The first-order valence-electron chi connectivity index (χ1n) is 19.5. The molecule has 4 atom stereocenters. The molecule has 2 heterocycles. The van der Waals surface area contributed by atoms with E-state index in [2.05, 4.69) is 64.8 Å². The van der Waals surface area contributed by atoms with Gasteiger partial charge < -0.3 is 30.7 Å². The van der Waals surface area contributed by atoms with Crippen molar-refractivity contribution < 1.29 is 24.2 Å². The van der Waals surface area contributed by atoms with Gasteiger partial charge in [0.25, 0.3) is 0 Å². The Balaban J connectivity index is 0.000000216. The number of rotatable bonds is 16. The zero-order chi connectivity index (χ0) is 37.9. The van der Waals surface area contributed by atoms with Crippen molar-refractivity contribution in [1.82, 2.24) is 9.80 Å². The first-order chi connectivity index (χ1) is 24.9. The number of nitrogens with two attached hydrogens (primary N) is 1. The summed E-state index contributed by atoms with van der Waals surface area (Å²) in [7, 11) is 0. The zero-order valence-electron chi connectivity index (χ0n) is 32.2. The van der Waals surface area contributed by atoms with Crippen LogP contribution in [0.4, 0.5) is 11.4 Å². The number of nitrogens with one attached hydrogen (secondary N) is 1. The Morgan fingerprint density at radius 2 is 1.27 bits per heavy atom. The number of hydrogen-bond donors (Lipinski definition) is 3. The summed E-state index contributed by atoms with van der Waals surface area (Å²) in [6, 6.07) is 16.2. The summed E-state index contributed by atoms with van der Waals surface area (Å²) in [5, 5.41) is 12.5. The molecule has 0 spiro atoms. The van der Waals surface area contributed by atoms with E-state index in [4.69, 9.17) is 10.5 Å². The highest BCUT2D eigenvalue weighted by molar-refractivity contribution is 6.62. The SMILES string of the molecule is CC(=O)Cl.CCCCCCN1CC2C(C1)C2(CO)c1cccc(N)c1.CCCCCCN1CC2C(C1)C2(COC(C)=O)c1cccc(NC(C)=O)c1. The Morgan fingerprint density at radius 3 is 1.71 bits per heavy atom. The number of anilines is 2. The number of likely N-dealkylation sites (tertiary alicyclic amines) is 2. The summed E-state index contributed by atoms with van der Waals surface area (Å²) in [5.41, 5.74) is 9.85. The van der Waals surface area contributed by atoms with Gasteiger partial charge in [0.2, 0.25) is 11.1 Å². The molecule has 4 aliphatic rings. The van der Waals surface area contributed by atoms with E-state index in [9.17, 15) is 19.5 Å². The van der Waals surface area contributed by atoms with Crippen molar-refractivity contribution in [2.75, 3.05) is 63.5 Å². The molecule has 0 aromatic heterocycles. The Kier molecular flexibility index (Phi) is 15.6. The van der Waals surface area contributed by atoms with Gasteiger partial charge in [-0.05, 0) is 96.6 Å². The van der Waals surface area contributed by atoms with Gasteiger partial charge in [-0.1, -0.05) is 76.6 Å². The highest BCUT2D eigenvalue weighted by Crippen LogP contribution is 2.64. The average molecular weight is 739 g/mol. The lowest BCUT2D eigenvalue weighted by Crippen LogP contribution is -2.34. The first-order valence-corrected chi connectivity index (χ1v) is 19.9. The van der Waals surface area contributed by atoms with Crippen LogP contribution in [-0.2, 0) is 30.0 Å². The molecule has 4 fully saturated rings. The molecule has 4 N–H and O–H groups in total. The molecule has 0 radical (unpaired) electrons. The van der Waals surface area contributed by atoms with Crippen molar-refractivity contribution in [3.8, 4) is 0 Å². The number of benzene rings is 2. The van der Waals surface area contributed by atoms with Crippen molar-refractivity contribution in [3.63, 3.8) is 0 Å². The van der Waals surface area contributed by atoms with Crippen LogP contribution in [0.15, 0.2) is 48.5 Å². The van der Waals surface area contributed by atoms with Crippen molar-refractivity contribution in [2.45, 2.75) is 96.8 Å². The minimum atomic E-state index is -0.361. The quantitative estimate of drug-likeness (QED) is 0.0728. The van der Waals surface area contributed by atoms with Gasteiger partial charge in [0, 0.05) is 69.2 Å². The largest absolute Gasteiger partial charge is 0.465 e. The van der Waals surface area contributed by atoms with Crippen LogP contribution in [0, 0.1) is 23.7 Å². The van der Waals surface area contributed by atoms with Gasteiger partial charge in [-0.2, -0.15) is 0 Å². The molecule has 10 heteroatoms. The molecule has 0 bridgehead atoms. The number of carbonyl (C=O) groups excluding carboxylic acids is 3. The van der Waals surface area contributed by atoms with Crippen LogP contribution in [-0.4, -0.2) is 84.5 Å². The van der Waals surface area contributed by atoms with E-state index in [0.717, 1.165) is 37.6 Å². The maximum absolute atomic E-state index is 11.5. The van der Waals surface area contributed by atoms with E-state index in [0.29, 0.717) is 30.3 Å². The summed E-state index contributed by atoms with van der Waals surface area (Å²) in [6.45, 7) is 16.3. The van der Waals surface area contributed by atoms with E-state index in [1.807, 2.05) is 24.3 Å². The van der Waals surface area contributed by atoms with Crippen molar-refractivity contribution in [2.24, 2.45) is 23.7 Å². The first kappa shape index (κ1) is 41.8. The molecular weight excluding hydrogens is 676 g/mol. The van der Waals surface area contributed by atoms with Crippen LogP contribution in [0.2, 0.25) is 0 Å². The molecule has 2 aliphatic heterocycles. The maximum atomic E-state index is 11.5. The normalized spacial score (nSPS) is 26.9. The number of nitrogens with zero attached hydrogens (tertiary/aromatic N) is 2. The second-order valence-electron chi connectivity index (χ2n) is 15.4. The van der Waals surface area contributed by atoms with Gasteiger partial charge in [0.05, 0.1) is 6.61 Å². The van der Waals surface area contributed by atoms with Crippen molar-refractivity contribution >= 4 is 40.1 Å². The monoisotopic (exact) mass is 738 g/mol. The predicted octanol–water partition coefficient (Wildman–Crippen LogP) is 7.00. The molecule has 2 aromatic rings. The molecule has 2 saturated carbocycles. The highest BCUT2D eigenvalue weighted by atomic mass is 35.5. The topological polar surface area (TPSA) is 125 Å². The van der Waals surface area contributed by atoms with Crippen LogP contribution in [0.3, 0.4) is 0 Å². The fourth-order valence-electron chi connectivity index (χ4n) is 9.14. The number of aliphatic hydroxyl groups is 1. The van der Waals surface area contributed by atoms with E-state index in [1.165, 1.54) is 96.4 Å². The second kappa shape index (κ2) is 19.4. The number of aliphatic hydroxyl groups excluding tert-OH is 1. The number of esters is 1. The molecule has 4 unspecified atom stereocenters. The Hall–Kier alpha value is -2.98. The van der Waals surface area contributed by atoms with Crippen molar-refractivity contribution in [1.29, 1.82) is 0 Å². The third kappa shape index (κ3) is 10.4. The maximum Gasteiger partial charge on any atom is 0.302 e.